The van der Waals surface area contributed by atoms with Crippen molar-refractivity contribution in [3.63, 3.8) is 0 Å². The zero-order chi connectivity index (χ0) is 20.0. The molecule has 0 fully saturated rings. The quantitative estimate of drug-likeness (QED) is 0.360. The van der Waals surface area contributed by atoms with Gasteiger partial charge in [-0.25, -0.2) is 4.79 Å². The Balaban J connectivity index is 2.25. The Morgan fingerprint density at radius 3 is 2.25 bits per heavy atom. The molecular weight excluding hydrogens is 356 g/mol. The van der Waals surface area contributed by atoms with Crippen molar-refractivity contribution in [2.45, 2.75) is 26.9 Å². The van der Waals surface area contributed by atoms with Crippen molar-refractivity contribution in [3.8, 4) is 17.2 Å². The van der Waals surface area contributed by atoms with Gasteiger partial charge in [-0.2, -0.15) is 0 Å². The van der Waals surface area contributed by atoms with Crippen LogP contribution in [0.4, 0.5) is 0 Å². The molecule has 0 spiro atoms. The van der Waals surface area contributed by atoms with E-state index in [4.69, 9.17) is 18.6 Å². The smallest absolute Gasteiger partial charge is 0.344 e. The normalized spacial score (nSPS) is 11.5. The summed E-state index contributed by atoms with van der Waals surface area (Å²) in [5.74, 6) is 1.96. The highest BCUT2D eigenvalue weighted by Gasteiger charge is 2.19. The van der Waals surface area contributed by atoms with Crippen LogP contribution in [0.5, 0.6) is 17.2 Å². The molecule has 0 atom stereocenters. The highest BCUT2D eigenvalue weighted by atomic mass is 16.5. The van der Waals surface area contributed by atoms with Crippen LogP contribution in [-0.2, 0) is 0 Å². The number of rotatable bonds is 4. The Morgan fingerprint density at radius 2 is 1.57 bits per heavy atom. The van der Waals surface area contributed by atoms with Gasteiger partial charge in [0.25, 0.3) is 0 Å². The highest BCUT2D eigenvalue weighted by molar-refractivity contribution is 6.18. The first kappa shape index (κ1) is 18.2. The molecule has 0 bridgehead atoms. The predicted molar refractivity (Wildman–Crippen MR) is 111 cm³/mol. The van der Waals surface area contributed by atoms with Crippen LogP contribution in [0, 0.1) is 6.92 Å². The monoisotopic (exact) mass is 378 g/mol. The maximum Gasteiger partial charge on any atom is 0.344 e. The van der Waals surface area contributed by atoms with Crippen LogP contribution in [0.25, 0.3) is 32.5 Å². The van der Waals surface area contributed by atoms with Crippen LogP contribution in [0.3, 0.4) is 0 Å². The van der Waals surface area contributed by atoms with E-state index in [1.54, 1.807) is 14.2 Å². The summed E-state index contributed by atoms with van der Waals surface area (Å²) in [6.07, 6.45) is -0.00214. The summed E-state index contributed by atoms with van der Waals surface area (Å²) in [4.78, 5) is 12.8. The van der Waals surface area contributed by atoms with Gasteiger partial charge in [0.15, 0.2) is 0 Å². The van der Waals surface area contributed by atoms with Crippen LogP contribution in [0.2, 0.25) is 0 Å². The van der Waals surface area contributed by atoms with Crippen molar-refractivity contribution in [3.05, 3.63) is 52.4 Å². The summed E-state index contributed by atoms with van der Waals surface area (Å²) in [6.45, 7) is 5.85. The molecule has 5 heteroatoms. The number of fused-ring (bicyclic) bond motifs is 5. The highest BCUT2D eigenvalue weighted by Crippen LogP contribution is 2.42. The van der Waals surface area contributed by atoms with E-state index < -0.39 is 5.63 Å². The van der Waals surface area contributed by atoms with E-state index in [9.17, 15) is 4.79 Å². The second kappa shape index (κ2) is 6.75. The summed E-state index contributed by atoms with van der Waals surface area (Å²) in [6, 6.07) is 11.3. The Morgan fingerprint density at radius 1 is 0.857 bits per heavy atom. The van der Waals surface area contributed by atoms with E-state index in [1.807, 2.05) is 57.2 Å². The van der Waals surface area contributed by atoms with Gasteiger partial charge in [-0.1, -0.05) is 12.1 Å². The molecule has 5 nitrogen and oxygen atoms in total. The van der Waals surface area contributed by atoms with Crippen LogP contribution < -0.4 is 19.8 Å². The molecule has 28 heavy (non-hydrogen) atoms. The van der Waals surface area contributed by atoms with Gasteiger partial charge < -0.3 is 18.6 Å². The molecule has 0 aliphatic carbocycles. The van der Waals surface area contributed by atoms with E-state index in [0.717, 1.165) is 27.1 Å². The van der Waals surface area contributed by atoms with Gasteiger partial charge in [-0.05, 0) is 50.6 Å². The number of hydrogen-bond donors (Lipinski definition) is 0. The molecule has 4 aromatic rings. The third-order valence-corrected chi connectivity index (χ3v) is 4.77. The fourth-order valence-electron chi connectivity index (χ4n) is 3.70. The zero-order valence-electron chi connectivity index (χ0n) is 16.6. The molecule has 1 aromatic heterocycles. The molecule has 1 heterocycles. The average Bonchev–Trinajstić information content (AvgIpc) is 2.67. The maximum atomic E-state index is 12.8. The third kappa shape index (κ3) is 2.74. The lowest BCUT2D eigenvalue weighted by Crippen LogP contribution is -2.06. The van der Waals surface area contributed by atoms with Crippen LogP contribution in [-0.4, -0.2) is 20.3 Å². The van der Waals surface area contributed by atoms with Gasteiger partial charge in [-0.3, -0.25) is 0 Å². The molecule has 0 aliphatic heterocycles. The zero-order valence-corrected chi connectivity index (χ0v) is 16.6. The Kier molecular flexibility index (Phi) is 4.38. The minimum atomic E-state index is -0.397. The SMILES string of the molecule is COc1cc2c(oc(=O)c3cc(C)cc(OC)c32)c2cccc(OC(C)C)c12. The summed E-state index contributed by atoms with van der Waals surface area (Å²) in [7, 11) is 3.22. The van der Waals surface area contributed by atoms with Crippen molar-refractivity contribution in [1.29, 1.82) is 0 Å². The molecule has 0 aliphatic rings. The third-order valence-electron chi connectivity index (χ3n) is 4.77. The van der Waals surface area contributed by atoms with Crippen molar-refractivity contribution < 1.29 is 18.6 Å². The van der Waals surface area contributed by atoms with Gasteiger partial charge in [0.2, 0.25) is 0 Å². The van der Waals surface area contributed by atoms with Crippen molar-refractivity contribution in [2.75, 3.05) is 14.2 Å². The predicted octanol–water partition coefficient (Wildman–Crippen LogP) is 5.21. The lowest BCUT2D eigenvalue weighted by atomic mass is 9.99. The number of methoxy groups -OCH3 is 2. The Bertz CT molecular complexity index is 1270. The van der Waals surface area contributed by atoms with Crippen molar-refractivity contribution in [1.82, 2.24) is 0 Å². The number of benzene rings is 3. The van der Waals surface area contributed by atoms with Crippen molar-refractivity contribution >= 4 is 32.5 Å². The van der Waals surface area contributed by atoms with E-state index >= 15 is 0 Å². The molecule has 4 rings (SSSR count). The Hall–Kier alpha value is -3.21. The number of hydrogen-bond acceptors (Lipinski definition) is 5. The van der Waals surface area contributed by atoms with E-state index in [1.165, 1.54) is 0 Å². The summed E-state index contributed by atoms with van der Waals surface area (Å²) < 4.78 is 23.0. The average molecular weight is 378 g/mol. The second-order valence-electron chi connectivity index (χ2n) is 7.08. The van der Waals surface area contributed by atoms with Crippen LogP contribution in [0.15, 0.2) is 45.6 Å². The van der Waals surface area contributed by atoms with Crippen molar-refractivity contribution in [2.24, 2.45) is 0 Å². The molecule has 0 saturated heterocycles. The van der Waals surface area contributed by atoms with Gasteiger partial charge in [0, 0.05) is 16.2 Å². The lowest BCUT2D eigenvalue weighted by molar-refractivity contribution is 0.245. The minimum absolute atomic E-state index is 0.00214. The van der Waals surface area contributed by atoms with E-state index in [-0.39, 0.29) is 6.10 Å². The standard InChI is InChI=1S/C23H22O5/c1-12(2)27-17-8-6-7-14-21(17)19(26-5)11-15-20-16(23(24)28-22(14)15)9-13(3)10-18(20)25-4/h6-12H,1-5H3. The maximum absolute atomic E-state index is 12.8. The lowest BCUT2D eigenvalue weighted by Gasteiger charge is -2.17. The van der Waals surface area contributed by atoms with Gasteiger partial charge in [0.05, 0.1) is 31.1 Å². The molecule has 0 saturated carbocycles. The molecule has 0 unspecified atom stereocenters. The second-order valence-corrected chi connectivity index (χ2v) is 7.08. The Labute approximate surface area is 162 Å². The molecule has 0 N–H and O–H groups in total. The number of aryl methyl sites for hydroxylation is 1. The molecule has 3 aromatic carbocycles. The van der Waals surface area contributed by atoms with Crippen LogP contribution >= 0.6 is 0 Å². The minimum Gasteiger partial charge on any atom is -0.496 e. The molecule has 144 valence electrons. The van der Waals surface area contributed by atoms with Crippen LogP contribution in [0.1, 0.15) is 19.4 Å². The fraction of sp³-hybridized carbons (Fsp3) is 0.261. The van der Waals surface area contributed by atoms with Gasteiger partial charge in [0.1, 0.15) is 22.8 Å². The van der Waals surface area contributed by atoms with Gasteiger partial charge >= 0.3 is 5.63 Å². The van der Waals surface area contributed by atoms with E-state index in [0.29, 0.717) is 28.2 Å². The summed E-state index contributed by atoms with van der Waals surface area (Å²) in [5.41, 5.74) is 1.02. The van der Waals surface area contributed by atoms with E-state index in [2.05, 4.69) is 0 Å². The first-order valence-electron chi connectivity index (χ1n) is 9.16. The fourth-order valence-corrected chi connectivity index (χ4v) is 3.70. The first-order valence-corrected chi connectivity index (χ1v) is 9.16. The molecular formula is C23H22O5. The number of ether oxygens (including phenoxy) is 3. The first-order chi connectivity index (χ1) is 13.4. The molecule has 0 radical (unpaired) electrons. The topological polar surface area (TPSA) is 57.9 Å². The summed E-state index contributed by atoms with van der Waals surface area (Å²) in [5, 5.41) is 3.50. The molecule has 0 amide bonds. The summed E-state index contributed by atoms with van der Waals surface area (Å²) >= 11 is 0. The largest absolute Gasteiger partial charge is 0.496 e. The van der Waals surface area contributed by atoms with Gasteiger partial charge in [-0.15, -0.1) is 0 Å².